The fourth-order valence-electron chi connectivity index (χ4n) is 4.70. The molecule has 7 N–H and O–H groups in total. The molecular weight excluding hydrogens is 548 g/mol. The van der Waals surface area contributed by atoms with Crippen molar-refractivity contribution in [2.45, 2.75) is 101 Å². The lowest BCUT2D eigenvalue weighted by Gasteiger charge is -2.45. The third-order valence-electron chi connectivity index (χ3n) is 7.05. The second kappa shape index (κ2) is 15.0. The van der Waals surface area contributed by atoms with Gasteiger partial charge in [0.05, 0.1) is 19.8 Å². The van der Waals surface area contributed by atoms with Crippen LogP contribution >= 0.6 is 0 Å². The lowest BCUT2D eigenvalue weighted by Crippen LogP contribution is -2.64. The van der Waals surface area contributed by atoms with Gasteiger partial charge in [-0.05, 0) is 23.0 Å². The van der Waals surface area contributed by atoms with Gasteiger partial charge in [0.15, 0.2) is 12.6 Å². The fourth-order valence-corrected chi connectivity index (χ4v) is 4.70. The Morgan fingerprint density at radius 3 is 1.90 bits per heavy atom. The molecule has 0 amide bonds. The zero-order valence-corrected chi connectivity index (χ0v) is 23.5. The van der Waals surface area contributed by atoms with Crippen molar-refractivity contribution in [2.75, 3.05) is 26.4 Å². The molecule has 1 aromatic carbocycles. The van der Waals surface area contributed by atoms with Gasteiger partial charge in [0, 0.05) is 0 Å². The Morgan fingerprint density at radius 2 is 1.34 bits per heavy atom. The molecule has 0 spiro atoms. The predicted octanol–water partition coefficient (Wildman–Crippen LogP) is -0.910. The highest BCUT2D eigenvalue weighted by atomic mass is 16.8. The molecule has 234 valence electrons. The van der Waals surface area contributed by atoms with Crippen LogP contribution in [0.1, 0.15) is 50.7 Å². The Labute approximate surface area is 237 Å². The van der Waals surface area contributed by atoms with Crippen molar-refractivity contribution in [3.8, 4) is 5.75 Å². The third kappa shape index (κ3) is 7.91. The number of para-hydroxylation sites is 1. The number of carbonyl (C=O) groups is 1. The summed E-state index contributed by atoms with van der Waals surface area (Å²) in [5, 5.41) is 70.5. The minimum Gasteiger partial charge on any atom is -0.432 e. The van der Waals surface area contributed by atoms with E-state index in [4.69, 9.17) is 28.4 Å². The van der Waals surface area contributed by atoms with Gasteiger partial charge in [0.1, 0.15) is 61.2 Å². The van der Waals surface area contributed by atoms with Gasteiger partial charge in [-0.3, -0.25) is 0 Å². The van der Waals surface area contributed by atoms with Crippen LogP contribution in [-0.2, 0) is 23.7 Å². The van der Waals surface area contributed by atoms with Gasteiger partial charge in [-0.1, -0.05) is 45.9 Å². The van der Waals surface area contributed by atoms with Crippen molar-refractivity contribution >= 4 is 6.16 Å². The maximum Gasteiger partial charge on any atom is 0.513 e. The van der Waals surface area contributed by atoms with E-state index in [1.807, 2.05) is 45.9 Å². The van der Waals surface area contributed by atoms with Crippen LogP contribution in [0.5, 0.6) is 5.75 Å². The van der Waals surface area contributed by atoms with E-state index in [0.29, 0.717) is 5.75 Å². The van der Waals surface area contributed by atoms with E-state index < -0.39 is 80.8 Å². The Bertz CT molecular complexity index is 943. The van der Waals surface area contributed by atoms with Gasteiger partial charge in [-0.15, -0.1) is 0 Å². The van der Waals surface area contributed by atoms with Gasteiger partial charge >= 0.3 is 6.16 Å². The number of carbonyl (C=O) groups excluding carboxylic acids is 1. The first-order valence-corrected chi connectivity index (χ1v) is 13.6. The SMILES string of the molecule is CC(C)c1cccc(C(C)C)c1OC(=O)OCCO[C@@H]1O[C@H](CO)[C@@H](O[C@H]2O[C@H](CO)[C@@H](O)[C@H](O)[C@H]2O)[C@H](O)[C@H]1O. The van der Waals surface area contributed by atoms with Crippen molar-refractivity contribution in [3.05, 3.63) is 29.3 Å². The predicted molar refractivity (Wildman–Crippen MR) is 139 cm³/mol. The summed E-state index contributed by atoms with van der Waals surface area (Å²) in [6, 6.07) is 5.66. The molecule has 0 aromatic heterocycles. The van der Waals surface area contributed by atoms with Crippen LogP contribution in [-0.4, -0.2) is 130 Å². The highest BCUT2D eigenvalue weighted by Gasteiger charge is 2.50. The zero-order chi connectivity index (χ0) is 30.4. The van der Waals surface area contributed by atoms with Crippen molar-refractivity contribution in [1.82, 2.24) is 0 Å². The van der Waals surface area contributed by atoms with Gasteiger partial charge < -0.3 is 64.2 Å². The van der Waals surface area contributed by atoms with Gasteiger partial charge in [-0.25, -0.2) is 4.79 Å². The largest absolute Gasteiger partial charge is 0.513 e. The molecule has 2 saturated heterocycles. The number of aliphatic hydroxyl groups is 7. The highest BCUT2D eigenvalue weighted by molar-refractivity contribution is 5.66. The van der Waals surface area contributed by atoms with E-state index in [1.54, 1.807) is 0 Å². The van der Waals surface area contributed by atoms with E-state index in [9.17, 15) is 40.5 Å². The topological polar surface area (TPSA) is 214 Å². The second-order valence-electron chi connectivity index (χ2n) is 10.7. The molecule has 10 atom stereocenters. The van der Waals surface area contributed by atoms with Crippen LogP contribution in [0.2, 0.25) is 0 Å². The van der Waals surface area contributed by atoms with Crippen molar-refractivity contribution in [1.29, 1.82) is 0 Å². The van der Waals surface area contributed by atoms with Crippen molar-refractivity contribution in [2.24, 2.45) is 0 Å². The standard InChI is InChI=1S/C27H42O14/c1-12(2)14-6-5-7-15(13(3)4)23(14)41-27(35)37-9-8-36-25-22(34)20(32)24(17(11-29)39-25)40-26-21(33)19(31)18(30)16(10-28)38-26/h5-7,12-13,16-22,24-26,28-34H,8-11H2,1-4H3/t16-,17-,18-,19+,20-,21-,22-,24-,25-,26-/m1/s1. The Kier molecular flexibility index (Phi) is 12.3. The number of rotatable bonds is 11. The molecule has 2 heterocycles. The molecule has 2 fully saturated rings. The van der Waals surface area contributed by atoms with E-state index in [-0.39, 0.29) is 25.0 Å². The van der Waals surface area contributed by atoms with Crippen LogP contribution in [0.3, 0.4) is 0 Å². The second-order valence-corrected chi connectivity index (χ2v) is 10.7. The molecule has 0 saturated carbocycles. The minimum absolute atomic E-state index is 0.101. The third-order valence-corrected chi connectivity index (χ3v) is 7.05. The van der Waals surface area contributed by atoms with Crippen LogP contribution in [0.25, 0.3) is 0 Å². The first-order valence-electron chi connectivity index (χ1n) is 13.6. The van der Waals surface area contributed by atoms with Gasteiger partial charge in [-0.2, -0.15) is 0 Å². The van der Waals surface area contributed by atoms with Crippen molar-refractivity contribution < 1.29 is 69.0 Å². The Hall–Kier alpha value is -1.95. The fraction of sp³-hybridized carbons (Fsp3) is 0.741. The van der Waals surface area contributed by atoms with Crippen molar-refractivity contribution in [3.63, 3.8) is 0 Å². The first-order chi connectivity index (χ1) is 19.4. The van der Waals surface area contributed by atoms with Gasteiger partial charge in [0.2, 0.25) is 0 Å². The average Bonchev–Trinajstić information content (AvgIpc) is 2.94. The number of aliphatic hydroxyl groups excluding tert-OH is 7. The monoisotopic (exact) mass is 590 g/mol. The summed E-state index contributed by atoms with van der Waals surface area (Å²) < 4.78 is 32.4. The average molecular weight is 591 g/mol. The molecule has 2 aliphatic rings. The van der Waals surface area contributed by atoms with Crippen LogP contribution in [0.15, 0.2) is 18.2 Å². The van der Waals surface area contributed by atoms with E-state index >= 15 is 0 Å². The molecule has 0 aliphatic carbocycles. The zero-order valence-electron chi connectivity index (χ0n) is 23.5. The van der Waals surface area contributed by atoms with Gasteiger partial charge in [0.25, 0.3) is 0 Å². The maximum atomic E-state index is 12.4. The van der Waals surface area contributed by atoms with Crippen LogP contribution in [0, 0.1) is 0 Å². The molecule has 41 heavy (non-hydrogen) atoms. The molecule has 14 nitrogen and oxygen atoms in total. The summed E-state index contributed by atoms with van der Waals surface area (Å²) in [6.45, 7) is 5.98. The molecule has 14 heteroatoms. The molecule has 0 radical (unpaired) electrons. The lowest BCUT2D eigenvalue weighted by atomic mass is 9.94. The summed E-state index contributed by atoms with van der Waals surface area (Å²) >= 11 is 0. The molecule has 3 rings (SSSR count). The smallest absolute Gasteiger partial charge is 0.432 e. The lowest BCUT2D eigenvalue weighted by molar-refractivity contribution is -0.359. The number of hydrogen-bond donors (Lipinski definition) is 7. The Balaban J connectivity index is 1.54. The van der Waals surface area contributed by atoms with E-state index in [2.05, 4.69) is 0 Å². The number of benzene rings is 1. The molecule has 2 aliphatic heterocycles. The van der Waals surface area contributed by atoms with E-state index in [0.717, 1.165) is 11.1 Å². The summed E-state index contributed by atoms with van der Waals surface area (Å²) in [7, 11) is 0. The number of ether oxygens (including phenoxy) is 6. The van der Waals surface area contributed by atoms with Crippen LogP contribution in [0.4, 0.5) is 4.79 Å². The normalized spacial score (nSPS) is 34.2. The summed E-state index contributed by atoms with van der Waals surface area (Å²) in [6.07, 6.45) is -16.6. The Morgan fingerprint density at radius 1 is 0.780 bits per heavy atom. The molecule has 0 unspecified atom stereocenters. The maximum absolute atomic E-state index is 12.4. The first kappa shape index (κ1) is 33.6. The number of hydrogen-bond acceptors (Lipinski definition) is 14. The summed E-state index contributed by atoms with van der Waals surface area (Å²) in [5.74, 6) is 0.641. The highest BCUT2D eigenvalue weighted by Crippen LogP contribution is 2.35. The molecular formula is C27H42O14. The quantitative estimate of drug-likeness (QED) is 0.0944. The minimum atomic E-state index is -1.77. The van der Waals surface area contributed by atoms with E-state index in [1.165, 1.54) is 0 Å². The summed E-state index contributed by atoms with van der Waals surface area (Å²) in [4.78, 5) is 12.4. The molecule has 0 bridgehead atoms. The van der Waals surface area contributed by atoms with Crippen LogP contribution < -0.4 is 4.74 Å². The summed E-state index contributed by atoms with van der Waals surface area (Å²) in [5.41, 5.74) is 1.71. The molecule has 1 aromatic rings.